The van der Waals surface area contributed by atoms with Crippen molar-refractivity contribution in [2.45, 2.75) is 20.0 Å². The van der Waals surface area contributed by atoms with Gasteiger partial charge in [0.05, 0.1) is 12.7 Å². The molecule has 6 heteroatoms. The Morgan fingerprint density at radius 3 is 2.59 bits per heavy atom. The Kier molecular flexibility index (Phi) is 5.11. The second-order valence-corrected chi connectivity index (χ2v) is 4.41. The van der Waals surface area contributed by atoms with Crippen LogP contribution < -0.4 is 4.90 Å². The fourth-order valence-electron chi connectivity index (χ4n) is 1.57. The van der Waals surface area contributed by atoms with E-state index in [4.69, 9.17) is 16.3 Å². The number of rotatable bonds is 5. The van der Waals surface area contributed by atoms with Crippen molar-refractivity contribution in [3.63, 3.8) is 0 Å². The molecule has 0 fully saturated rings. The molecule has 96 valence electrons. The van der Waals surface area contributed by atoms with Crippen LogP contribution in [0.1, 0.15) is 11.1 Å². The minimum absolute atomic E-state index is 0.295. The van der Waals surface area contributed by atoms with Gasteiger partial charge in [-0.3, -0.25) is 0 Å². The zero-order valence-corrected chi connectivity index (χ0v) is 11.3. The van der Waals surface area contributed by atoms with Crippen LogP contribution in [0.3, 0.4) is 0 Å². The number of ether oxygens (including phenoxy) is 1. The molecule has 1 aromatic heterocycles. The number of methoxy groups -OCH3 is 1. The average molecular weight is 260 g/mol. The maximum atomic E-state index is 9.65. The van der Waals surface area contributed by atoms with Crippen molar-refractivity contribution in [3.8, 4) is 0 Å². The lowest BCUT2D eigenvalue weighted by Gasteiger charge is -2.23. The summed E-state index contributed by atoms with van der Waals surface area (Å²) < 4.78 is 4.88. The van der Waals surface area contributed by atoms with Gasteiger partial charge < -0.3 is 14.7 Å². The molecule has 1 N–H and O–H groups in total. The Morgan fingerprint density at radius 2 is 2.00 bits per heavy atom. The molecule has 0 aliphatic heterocycles. The first-order chi connectivity index (χ1) is 7.97. The smallest absolute Gasteiger partial charge is 0.155 e. The zero-order valence-electron chi connectivity index (χ0n) is 10.6. The highest BCUT2D eigenvalue weighted by atomic mass is 35.5. The zero-order chi connectivity index (χ0) is 13.0. The Morgan fingerprint density at radius 1 is 1.35 bits per heavy atom. The van der Waals surface area contributed by atoms with E-state index in [0.717, 1.165) is 16.9 Å². The van der Waals surface area contributed by atoms with Gasteiger partial charge in [0.25, 0.3) is 0 Å². The molecule has 1 aromatic rings. The minimum atomic E-state index is -0.554. The van der Waals surface area contributed by atoms with Gasteiger partial charge in [-0.05, 0) is 25.0 Å². The highest BCUT2D eigenvalue weighted by Crippen LogP contribution is 2.22. The predicted octanol–water partition coefficient (Wildman–Crippen LogP) is 1.19. The molecule has 17 heavy (non-hydrogen) atoms. The number of hydrogen-bond acceptors (Lipinski definition) is 5. The van der Waals surface area contributed by atoms with Crippen LogP contribution >= 0.6 is 11.6 Å². The fraction of sp³-hybridized carbons (Fsp3) is 0.636. The lowest BCUT2D eigenvalue weighted by molar-refractivity contribution is 0.0694. The predicted molar refractivity (Wildman–Crippen MR) is 67.7 cm³/mol. The van der Waals surface area contributed by atoms with E-state index >= 15 is 0 Å². The average Bonchev–Trinajstić information content (AvgIpc) is 2.26. The Balaban J connectivity index is 2.82. The van der Waals surface area contributed by atoms with Crippen molar-refractivity contribution in [3.05, 3.63) is 16.3 Å². The molecule has 0 bridgehead atoms. The van der Waals surface area contributed by atoms with Crippen LogP contribution in [0.5, 0.6) is 0 Å². The van der Waals surface area contributed by atoms with Crippen LogP contribution in [-0.2, 0) is 4.74 Å². The molecular formula is C11H18ClN3O2. The molecule has 0 aliphatic rings. The Bertz CT molecular complexity index is 387. The number of aromatic nitrogens is 2. The van der Waals surface area contributed by atoms with E-state index in [2.05, 4.69) is 10.2 Å². The quantitative estimate of drug-likeness (QED) is 0.861. The molecule has 0 amide bonds. The maximum Gasteiger partial charge on any atom is 0.155 e. The molecule has 0 saturated heterocycles. The standard InChI is InChI=1S/C11H18ClN3O2/c1-7-8(2)11(14-13-10(7)12)15(3)5-9(16)6-17-4/h9,16H,5-6H2,1-4H3. The van der Waals surface area contributed by atoms with Crippen LogP contribution in [0.25, 0.3) is 0 Å². The van der Waals surface area contributed by atoms with Crippen molar-refractivity contribution in [2.75, 3.05) is 32.2 Å². The second kappa shape index (κ2) is 6.14. The Labute approximate surface area is 106 Å². The van der Waals surface area contributed by atoms with Crippen molar-refractivity contribution in [1.82, 2.24) is 10.2 Å². The van der Waals surface area contributed by atoms with Gasteiger partial charge in [0.2, 0.25) is 0 Å². The largest absolute Gasteiger partial charge is 0.389 e. The normalized spacial score (nSPS) is 12.6. The summed E-state index contributed by atoms with van der Waals surface area (Å²) in [6.07, 6.45) is -0.554. The van der Waals surface area contributed by atoms with Gasteiger partial charge in [0.1, 0.15) is 0 Å². The Hall–Kier alpha value is -0.910. The first kappa shape index (κ1) is 14.2. The van der Waals surface area contributed by atoms with Gasteiger partial charge in [0.15, 0.2) is 11.0 Å². The van der Waals surface area contributed by atoms with Gasteiger partial charge in [-0.25, -0.2) is 0 Å². The number of halogens is 1. The van der Waals surface area contributed by atoms with E-state index in [9.17, 15) is 5.11 Å². The van der Waals surface area contributed by atoms with Crippen molar-refractivity contribution in [1.29, 1.82) is 0 Å². The van der Waals surface area contributed by atoms with E-state index in [-0.39, 0.29) is 0 Å². The van der Waals surface area contributed by atoms with Gasteiger partial charge in [-0.15, -0.1) is 10.2 Å². The summed E-state index contributed by atoms with van der Waals surface area (Å²) in [5.74, 6) is 0.724. The summed E-state index contributed by atoms with van der Waals surface area (Å²) in [5.41, 5.74) is 1.88. The van der Waals surface area contributed by atoms with Gasteiger partial charge in [0, 0.05) is 20.7 Å². The highest BCUT2D eigenvalue weighted by Gasteiger charge is 2.14. The third-order valence-electron chi connectivity index (χ3n) is 2.65. The van der Waals surface area contributed by atoms with Crippen LogP contribution in [-0.4, -0.2) is 48.7 Å². The molecule has 0 radical (unpaired) electrons. The minimum Gasteiger partial charge on any atom is -0.389 e. The van der Waals surface area contributed by atoms with Gasteiger partial charge in [-0.2, -0.15) is 0 Å². The van der Waals surface area contributed by atoms with Crippen LogP contribution in [0, 0.1) is 13.8 Å². The fourth-order valence-corrected chi connectivity index (χ4v) is 1.75. The van der Waals surface area contributed by atoms with Crippen LogP contribution in [0.4, 0.5) is 5.82 Å². The summed E-state index contributed by atoms with van der Waals surface area (Å²) in [6, 6.07) is 0. The lowest BCUT2D eigenvalue weighted by atomic mass is 10.2. The molecule has 0 saturated carbocycles. The number of aliphatic hydroxyl groups is 1. The number of aliphatic hydroxyl groups excluding tert-OH is 1. The van der Waals surface area contributed by atoms with Crippen molar-refractivity contribution < 1.29 is 9.84 Å². The first-order valence-electron chi connectivity index (χ1n) is 5.34. The number of nitrogens with zero attached hydrogens (tertiary/aromatic N) is 3. The second-order valence-electron chi connectivity index (χ2n) is 4.05. The topological polar surface area (TPSA) is 58.5 Å². The lowest BCUT2D eigenvalue weighted by Crippen LogP contribution is -2.33. The van der Waals surface area contributed by atoms with E-state index in [1.807, 2.05) is 25.8 Å². The van der Waals surface area contributed by atoms with Crippen molar-refractivity contribution >= 4 is 17.4 Å². The number of hydrogen-bond donors (Lipinski definition) is 1. The maximum absolute atomic E-state index is 9.65. The first-order valence-corrected chi connectivity index (χ1v) is 5.72. The van der Waals surface area contributed by atoms with E-state index in [1.165, 1.54) is 0 Å². The molecule has 0 spiro atoms. The number of anilines is 1. The van der Waals surface area contributed by atoms with E-state index < -0.39 is 6.10 Å². The summed E-state index contributed by atoms with van der Waals surface area (Å²) in [7, 11) is 3.41. The SMILES string of the molecule is COCC(O)CN(C)c1nnc(Cl)c(C)c1C. The molecule has 1 rings (SSSR count). The van der Waals surface area contributed by atoms with Crippen LogP contribution in [0.2, 0.25) is 5.15 Å². The summed E-state index contributed by atoms with van der Waals surface area (Å²) in [6.45, 7) is 4.56. The van der Waals surface area contributed by atoms with Crippen LogP contribution in [0.15, 0.2) is 0 Å². The highest BCUT2D eigenvalue weighted by molar-refractivity contribution is 6.30. The molecule has 0 aromatic carbocycles. The van der Waals surface area contributed by atoms with Crippen molar-refractivity contribution in [2.24, 2.45) is 0 Å². The molecule has 1 atom stereocenters. The summed E-state index contributed by atoms with van der Waals surface area (Å²) >= 11 is 5.88. The molecule has 1 heterocycles. The summed E-state index contributed by atoms with van der Waals surface area (Å²) in [5, 5.41) is 18.0. The molecule has 0 aliphatic carbocycles. The molecular weight excluding hydrogens is 242 g/mol. The van der Waals surface area contributed by atoms with E-state index in [1.54, 1.807) is 7.11 Å². The molecule has 1 unspecified atom stereocenters. The monoisotopic (exact) mass is 259 g/mol. The van der Waals surface area contributed by atoms with E-state index in [0.29, 0.717) is 18.3 Å². The summed E-state index contributed by atoms with van der Waals surface area (Å²) in [4.78, 5) is 1.84. The third kappa shape index (κ3) is 3.52. The molecule has 5 nitrogen and oxygen atoms in total. The third-order valence-corrected chi connectivity index (χ3v) is 3.00. The number of likely N-dealkylation sites (N-methyl/N-ethyl adjacent to an activating group) is 1. The van der Waals surface area contributed by atoms with Gasteiger partial charge >= 0.3 is 0 Å². The van der Waals surface area contributed by atoms with Gasteiger partial charge in [-0.1, -0.05) is 11.6 Å².